The van der Waals surface area contributed by atoms with Crippen LogP contribution in [0.1, 0.15) is 31.2 Å². The molecule has 2 rings (SSSR count). The quantitative estimate of drug-likeness (QED) is 0.886. The second-order valence-electron chi connectivity index (χ2n) is 5.20. The van der Waals surface area contributed by atoms with Gasteiger partial charge in [0.15, 0.2) is 0 Å². The molecule has 0 bridgehead atoms. The molecule has 0 saturated heterocycles. The van der Waals surface area contributed by atoms with Crippen LogP contribution in [0.3, 0.4) is 0 Å². The van der Waals surface area contributed by atoms with Crippen molar-refractivity contribution in [3.05, 3.63) is 34.6 Å². The first-order valence-electron chi connectivity index (χ1n) is 6.36. The summed E-state index contributed by atoms with van der Waals surface area (Å²) in [7, 11) is 1.94. The average molecular weight is 272 g/mol. The van der Waals surface area contributed by atoms with Crippen LogP contribution in [-0.4, -0.2) is 23.8 Å². The van der Waals surface area contributed by atoms with Crippen molar-refractivity contribution >= 4 is 11.6 Å². The summed E-state index contributed by atoms with van der Waals surface area (Å²) < 4.78 is 13.2. The van der Waals surface area contributed by atoms with Gasteiger partial charge in [0.1, 0.15) is 5.82 Å². The van der Waals surface area contributed by atoms with Gasteiger partial charge in [-0.1, -0.05) is 11.6 Å². The summed E-state index contributed by atoms with van der Waals surface area (Å²) in [5.74, 6) is -0.304. The van der Waals surface area contributed by atoms with Crippen LogP contribution in [0.4, 0.5) is 4.39 Å². The topological polar surface area (TPSA) is 32.3 Å². The van der Waals surface area contributed by atoms with Crippen LogP contribution in [0.25, 0.3) is 0 Å². The van der Waals surface area contributed by atoms with Gasteiger partial charge in [-0.2, -0.15) is 0 Å². The Balaban J connectivity index is 2.06. The molecule has 18 heavy (non-hydrogen) atoms. The third-order valence-corrected chi connectivity index (χ3v) is 4.22. The van der Waals surface area contributed by atoms with E-state index in [2.05, 4.69) is 5.32 Å². The minimum Gasteiger partial charge on any atom is -0.390 e. The molecular weight excluding hydrogens is 253 g/mol. The molecule has 1 aromatic rings. The van der Waals surface area contributed by atoms with E-state index < -0.39 is 5.60 Å². The normalized spacial score (nSPS) is 28.3. The lowest BCUT2D eigenvalue weighted by atomic mass is 9.78. The van der Waals surface area contributed by atoms with E-state index in [4.69, 9.17) is 11.6 Å². The van der Waals surface area contributed by atoms with Gasteiger partial charge in [0.05, 0.1) is 5.60 Å². The molecule has 1 aromatic carbocycles. The molecule has 1 saturated carbocycles. The molecule has 2 nitrogen and oxygen atoms in total. The maximum absolute atomic E-state index is 13.2. The van der Waals surface area contributed by atoms with E-state index in [9.17, 15) is 9.50 Å². The van der Waals surface area contributed by atoms with Crippen LogP contribution >= 0.6 is 11.6 Å². The number of benzene rings is 1. The van der Waals surface area contributed by atoms with E-state index in [1.807, 2.05) is 7.05 Å². The van der Waals surface area contributed by atoms with Crippen molar-refractivity contribution in [2.45, 2.75) is 43.7 Å². The van der Waals surface area contributed by atoms with Crippen molar-refractivity contribution in [3.63, 3.8) is 0 Å². The van der Waals surface area contributed by atoms with Gasteiger partial charge < -0.3 is 10.4 Å². The number of nitrogens with one attached hydrogen (secondary N) is 1. The molecule has 0 radical (unpaired) electrons. The Hall–Kier alpha value is -0.640. The second-order valence-corrected chi connectivity index (χ2v) is 5.61. The van der Waals surface area contributed by atoms with Gasteiger partial charge in [0.2, 0.25) is 0 Å². The summed E-state index contributed by atoms with van der Waals surface area (Å²) in [5.41, 5.74) is -0.0489. The number of rotatable bonds is 3. The number of hydrogen-bond acceptors (Lipinski definition) is 2. The summed E-state index contributed by atoms with van der Waals surface area (Å²) in [6, 6.07) is 4.79. The highest BCUT2D eigenvalue weighted by molar-refractivity contribution is 6.31. The molecule has 0 atom stereocenters. The average Bonchev–Trinajstić information content (AvgIpc) is 2.35. The summed E-state index contributed by atoms with van der Waals surface area (Å²) in [6.07, 6.45) is 3.77. The van der Waals surface area contributed by atoms with Gasteiger partial charge >= 0.3 is 0 Å². The largest absolute Gasteiger partial charge is 0.390 e. The molecular formula is C14H19ClFNO. The number of hydrogen-bond donors (Lipinski definition) is 2. The van der Waals surface area contributed by atoms with Gasteiger partial charge in [-0.25, -0.2) is 4.39 Å². The highest BCUT2D eigenvalue weighted by Gasteiger charge is 2.33. The van der Waals surface area contributed by atoms with Crippen molar-refractivity contribution in [3.8, 4) is 0 Å². The Kier molecular flexibility index (Phi) is 4.25. The highest BCUT2D eigenvalue weighted by Crippen LogP contribution is 2.33. The molecule has 0 aliphatic heterocycles. The fourth-order valence-electron chi connectivity index (χ4n) is 2.65. The fourth-order valence-corrected chi connectivity index (χ4v) is 2.84. The third kappa shape index (κ3) is 3.22. The summed E-state index contributed by atoms with van der Waals surface area (Å²) >= 11 is 6.04. The molecule has 2 N–H and O–H groups in total. The van der Waals surface area contributed by atoms with Crippen LogP contribution in [0, 0.1) is 5.82 Å². The third-order valence-electron chi connectivity index (χ3n) is 3.85. The number of halogens is 2. The number of aliphatic hydroxyl groups is 1. The molecule has 0 unspecified atom stereocenters. The van der Waals surface area contributed by atoms with E-state index in [-0.39, 0.29) is 5.82 Å². The molecule has 1 aliphatic rings. The van der Waals surface area contributed by atoms with Crippen molar-refractivity contribution in [2.75, 3.05) is 7.05 Å². The van der Waals surface area contributed by atoms with Crippen molar-refractivity contribution in [2.24, 2.45) is 0 Å². The van der Waals surface area contributed by atoms with E-state index in [0.29, 0.717) is 23.0 Å². The Morgan fingerprint density at radius 2 is 2.11 bits per heavy atom. The zero-order chi connectivity index (χ0) is 13.2. The zero-order valence-corrected chi connectivity index (χ0v) is 11.3. The van der Waals surface area contributed by atoms with Gasteiger partial charge in [-0.05, 0) is 56.5 Å². The molecule has 0 heterocycles. The molecule has 1 fully saturated rings. The minimum atomic E-state index is -0.745. The highest BCUT2D eigenvalue weighted by atomic mass is 35.5. The molecule has 0 amide bonds. The summed E-state index contributed by atoms with van der Waals surface area (Å²) in [6.45, 7) is 0. The summed E-state index contributed by atoms with van der Waals surface area (Å²) in [4.78, 5) is 0. The molecule has 0 aromatic heterocycles. The standard InChI is InChI=1S/C14H19ClFNO/c1-17-12-4-6-14(18,7-5-12)9-10-8-11(16)2-3-13(10)15/h2-3,8,12,17-18H,4-7,9H2,1H3. The lowest BCUT2D eigenvalue weighted by Gasteiger charge is -2.36. The smallest absolute Gasteiger partial charge is 0.123 e. The molecule has 100 valence electrons. The van der Waals surface area contributed by atoms with Gasteiger partial charge in [-0.3, -0.25) is 0 Å². The molecule has 4 heteroatoms. The predicted octanol–water partition coefficient (Wildman–Crippen LogP) is 2.91. The van der Waals surface area contributed by atoms with Crippen molar-refractivity contribution in [1.82, 2.24) is 5.32 Å². The Morgan fingerprint density at radius 1 is 1.44 bits per heavy atom. The van der Waals surface area contributed by atoms with E-state index >= 15 is 0 Å². The summed E-state index contributed by atoms with van der Waals surface area (Å²) in [5, 5.41) is 14.3. The maximum atomic E-state index is 13.2. The predicted molar refractivity (Wildman–Crippen MR) is 71.4 cm³/mol. The van der Waals surface area contributed by atoms with Crippen molar-refractivity contribution < 1.29 is 9.50 Å². The zero-order valence-electron chi connectivity index (χ0n) is 10.5. The van der Waals surface area contributed by atoms with E-state index in [1.165, 1.54) is 12.1 Å². The maximum Gasteiger partial charge on any atom is 0.123 e. The van der Waals surface area contributed by atoms with E-state index in [1.54, 1.807) is 6.07 Å². The SMILES string of the molecule is CNC1CCC(O)(Cc2cc(F)ccc2Cl)CC1. The van der Waals surface area contributed by atoms with Crippen LogP contribution in [0.15, 0.2) is 18.2 Å². The first kappa shape index (κ1) is 13.8. The minimum absolute atomic E-state index is 0.304. The molecule has 0 spiro atoms. The Bertz CT molecular complexity index is 416. The lowest BCUT2D eigenvalue weighted by molar-refractivity contribution is -0.00245. The Morgan fingerprint density at radius 3 is 2.72 bits per heavy atom. The van der Waals surface area contributed by atoms with Crippen LogP contribution in [0.2, 0.25) is 5.02 Å². The first-order valence-corrected chi connectivity index (χ1v) is 6.74. The van der Waals surface area contributed by atoms with Crippen LogP contribution < -0.4 is 5.32 Å². The fraction of sp³-hybridized carbons (Fsp3) is 0.571. The monoisotopic (exact) mass is 271 g/mol. The van der Waals surface area contributed by atoms with Gasteiger partial charge in [-0.15, -0.1) is 0 Å². The van der Waals surface area contributed by atoms with Crippen LogP contribution in [-0.2, 0) is 6.42 Å². The molecule has 1 aliphatic carbocycles. The van der Waals surface area contributed by atoms with Crippen LogP contribution in [0.5, 0.6) is 0 Å². The first-order chi connectivity index (χ1) is 8.52. The van der Waals surface area contributed by atoms with Gasteiger partial charge in [0.25, 0.3) is 0 Å². The van der Waals surface area contributed by atoms with Crippen molar-refractivity contribution in [1.29, 1.82) is 0 Å². The van der Waals surface area contributed by atoms with Gasteiger partial charge in [0, 0.05) is 17.5 Å². The Labute approximate surface area is 112 Å². The van der Waals surface area contributed by atoms with E-state index in [0.717, 1.165) is 25.7 Å². The second kappa shape index (κ2) is 5.55. The lowest BCUT2D eigenvalue weighted by Crippen LogP contribution is -2.41.